The maximum atomic E-state index is 13.0. The van der Waals surface area contributed by atoms with Gasteiger partial charge in [-0.05, 0) is 35.7 Å². The normalized spacial score (nSPS) is 12.9. The molecule has 0 saturated heterocycles. The van der Waals surface area contributed by atoms with E-state index in [1.165, 1.54) is 0 Å². The zero-order valence-electron chi connectivity index (χ0n) is 13.9. The Morgan fingerprint density at radius 2 is 2.08 bits per heavy atom. The summed E-state index contributed by atoms with van der Waals surface area (Å²) < 4.78 is 5.39. The Hall–Kier alpha value is -2.45. The second kappa shape index (κ2) is 6.58. The fraction of sp³-hybridized carbons (Fsp3) is 0.263. The number of methoxy groups -OCH3 is 1. The fourth-order valence-corrected chi connectivity index (χ4v) is 3.87. The molecule has 2 aromatic rings. The summed E-state index contributed by atoms with van der Waals surface area (Å²) >= 11 is 1.64. The van der Waals surface area contributed by atoms with Crippen molar-refractivity contribution in [2.24, 2.45) is 0 Å². The molecule has 3 rings (SSSR count). The van der Waals surface area contributed by atoms with E-state index in [2.05, 4.69) is 6.07 Å². The van der Waals surface area contributed by atoms with Crippen LogP contribution in [0.3, 0.4) is 0 Å². The number of para-hydroxylation sites is 1. The smallest absolute Gasteiger partial charge is 0.259 e. The van der Waals surface area contributed by atoms with Gasteiger partial charge in [-0.2, -0.15) is 5.26 Å². The molecule has 4 nitrogen and oxygen atoms in total. The van der Waals surface area contributed by atoms with Crippen molar-refractivity contribution in [1.29, 1.82) is 5.26 Å². The Kier molecular flexibility index (Phi) is 4.50. The number of fused-ring (bicyclic) bond motifs is 1. The van der Waals surface area contributed by atoms with Crippen LogP contribution in [0.25, 0.3) is 0 Å². The van der Waals surface area contributed by atoms with E-state index in [0.717, 1.165) is 16.1 Å². The van der Waals surface area contributed by atoms with E-state index in [-0.39, 0.29) is 11.8 Å². The van der Waals surface area contributed by atoms with E-state index >= 15 is 0 Å². The molecule has 0 fully saturated rings. The van der Waals surface area contributed by atoms with E-state index in [9.17, 15) is 10.1 Å². The maximum Gasteiger partial charge on any atom is 0.259 e. The van der Waals surface area contributed by atoms with E-state index in [1.54, 1.807) is 29.8 Å². The first kappa shape index (κ1) is 16.4. The predicted molar refractivity (Wildman–Crippen MR) is 95.8 cm³/mol. The molecule has 0 aromatic heterocycles. The van der Waals surface area contributed by atoms with Gasteiger partial charge in [-0.25, -0.2) is 0 Å². The van der Waals surface area contributed by atoms with Crippen LogP contribution >= 0.6 is 11.8 Å². The summed E-state index contributed by atoms with van der Waals surface area (Å²) in [6.45, 7) is 4.04. The second-order valence-electron chi connectivity index (χ2n) is 5.89. The molecular weight excluding hydrogens is 320 g/mol. The van der Waals surface area contributed by atoms with Gasteiger partial charge in [-0.3, -0.25) is 9.69 Å². The third-order valence-corrected chi connectivity index (χ3v) is 5.11. The van der Waals surface area contributed by atoms with Gasteiger partial charge in [-0.15, -0.1) is 11.8 Å². The minimum atomic E-state index is -0.0893. The summed E-state index contributed by atoms with van der Waals surface area (Å²) in [4.78, 5) is 15.9. The molecule has 5 heteroatoms. The van der Waals surface area contributed by atoms with Gasteiger partial charge in [-0.1, -0.05) is 26.0 Å². The number of hydrogen-bond donors (Lipinski definition) is 0. The van der Waals surface area contributed by atoms with Crippen LogP contribution < -0.4 is 9.64 Å². The zero-order chi connectivity index (χ0) is 17.3. The van der Waals surface area contributed by atoms with Crippen LogP contribution in [-0.4, -0.2) is 18.9 Å². The van der Waals surface area contributed by atoms with Crippen LogP contribution in [0.4, 0.5) is 5.69 Å². The van der Waals surface area contributed by atoms with Crippen LogP contribution in [0.5, 0.6) is 5.75 Å². The lowest BCUT2D eigenvalue weighted by molar-refractivity contribution is 0.0991. The standard InChI is InChI=1S/C19H18N2O2S/c1-12(2)15-9-13(8-14(10-20)18(15)23-3)19(22)21-11-24-17-7-5-4-6-16(17)21/h4-9,12H,11H2,1-3H3. The molecule has 0 bridgehead atoms. The molecular formula is C19H18N2O2S. The van der Waals surface area contributed by atoms with Crippen molar-refractivity contribution in [2.75, 3.05) is 17.9 Å². The second-order valence-corrected chi connectivity index (χ2v) is 6.87. The summed E-state index contributed by atoms with van der Waals surface area (Å²) in [6, 6.07) is 13.5. The molecule has 0 radical (unpaired) electrons. The van der Waals surface area contributed by atoms with Gasteiger partial charge in [0.2, 0.25) is 0 Å². The van der Waals surface area contributed by atoms with Gasteiger partial charge in [0, 0.05) is 10.5 Å². The number of nitrogens with zero attached hydrogens (tertiary/aromatic N) is 2. The van der Waals surface area contributed by atoms with Gasteiger partial charge >= 0.3 is 0 Å². The van der Waals surface area contributed by atoms with Crippen LogP contribution in [-0.2, 0) is 0 Å². The summed E-state index contributed by atoms with van der Waals surface area (Å²) in [6.07, 6.45) is 0. The highest BCUT2D eigenvalue weighted by molar-refractivity contribution is 8.00. The van der Waals surface area contributed by atoms with E-state index < -0.39 is 0 Å². The lowest BCUT2D eigenvalue weighted by atomic mass is 9.96. The Bertz CT molecular complexity index is 840. The highest BCUT2D eigenvalue weighted by Gasteiger charge is 2.27. The number of carbonyl (C=O) groups excluding carboxylic acids is 1. The molecule has 1 aliphatic heterocycles. The van der Waals surface area contributed by atoms with Crippen LogP contribution in [0.2, 0.25) is 0 Å². The number of amides is 1. The summed E-state index contributed by atoms with van der Waals surface area (Å²) in [5.74, 6) is 1.21. The quantitative estimate of drug-likeness (QED) is 0.832. The molecule has 24 heavy (non-hydrogen) atoms. The van der Waals surface area contributed by atoms with Crippen molar-refractivity contribution >= 4 is 23.4 Å². The number of hydrogen-bond acceptors (Lipinski definition) is 4. The van der Waals surface area contributed by atoms with Crippen molar-refractivity contribution in [1.82, 2.24) is 0 Å². The lowest BCUT2D eigenvalue weighted by Gasteiger charge is -2.19. The number of nitriles is 1. The molecule has 2 aromatic carbocycles. The average molecular weight is 338 g/mol. The van der Waals surface area contributed by atoms with Crippen molar-refractivity contribution in [2.45, 2.75) is 24.7 Å². The average Bonchev–Trinajstić information content (AvgIpc) is 3.03. The van der Waals surface area contributed by atoms with Gasteiger partial charge in [0.15, 0.2) is 0 Å². The summed E-state index contributed by atoms with van der Waals surface area (Å²) in [7, 11) is 1.55. The minimum absolute atomic E-state index is 0.0893. The Morgan fingerprint density at radius 1 is 1.33 bits per heavy atom. The van der Waals surface area contributed by atoms with Gasteiger partial charge in [0.05, 0.1) is 24.2 Å². The van der Waals surface area contributed by atoms with E-state index in [4.69, 9.17) is 4.74 Å². The molecule has 0 spiro atoms. The Morgan fingerprint density at radius 3 is 2.75 bits per heavy atom. The first-order chi connectivity index (χ1) is 11.6. The van der Waals surface area contributed by atoms with Gasteiger partial charge in [0.25, 0.3) is 5.91 Å². The van der Waals surface area contributed by atoms with Gasteiger partial charge in [0.1, 0.15) is 11.8 Å². The lowest BCUT2D eigenvalue weighted by Crippen LogP contribution is -2.28. The molecule has 0 unspecified atom stereocenters. The number of anilines is 1. The third kappa shape index (κ3) is 2.74. The predicted octanol–water partition coefficient (Wildman–Crippen LogP) is 4.40. The van der Waals surface area contributed by atoms with Gasteiger partial charge < -0.3 is 4.74 Å². The van der Waals surface area contributed by atoms with Crippen molar-refractivity contribution in [3.63, 3.8) is 0 Å². The van der Waals surface area contributed by atoms with Crippen molar-refractivity contribution in [3.8, 4) is 11.8 Å². The molecule has 0 aliphatic carbocycles. The maximum absolute atomic E-state index is 13.0. The number of rotatable bonds is 3. The SMILES string of the molecule is COc1c(C#N)cc(C(=O)N2CSc3ccccc32)cc1C(C)C. The Labute approximate surface area is 146 Å². The summed E-state index contributed by atoms with van der Waals surface area (Å²) in [5.41, 5.74) is 2.72. The number of carbonyl (C=O) groups is 1. The monoisotopic (exact) mass is 338 g/mol. The molecule has 1 heterocycles. The molecule has 0 N–H and O–H groups in total. The number of ether oxygens (including phenoxy) is 1. The molecule has 0 atom stereocenters. The van der Waals surface area contributed by atoms with Crippen LogP contribution in [0.15, 0.2) is 41.3 Å². The molecule has 122 valence electrons. The van der Waals surface area contributed by atoms with Crippen LogP contribution in [0, 0.1) is 11.3 Å². The fourth-order valence-electron chi connectivity index (χ4n) is 2.84. The van der Waals surface area contributed by atoms with Crippen LogP contribution in [0.1, 0.15) is 41.3 Å². The molecule has 0 saturated carbocycles. The highest BCUT2D eigenvalue weighted by atomic mass is 32.2. The minimum Gasteiger partial charge on any atom is -0.495 e. The summed E-state index contributed by atoms with van der Waals surface area (Å²) in [5, 5.41) is 9.43. The number of thioether (sulfide) groups is 1. The van der Waals surface area contributed by atoms with Crippen molar-refractivity contribution in [3.05, 3.63) is 53.1 Å². The topological polar surface area (TPSA) is 53.3 Å². The number of benzene rings is 2. The third-order valence-electron chi connectivity index (χ3n) is 4.06. The highest BCUT2D eigenvalue weighted by Crippen LogP contribution is 2.39. The van der Waals surface area contributed by atoms with E-state index in [1.807, 2.05) is 44.2 Å². The van der Waals surface area contributed by atoms with Crippen molar-refractivity contribution < 1.29 is 9.53 Å². The first-order valence-electron chi connectivity index (χ1n) is 7.72. The zero-order valence-corrected chi connectivity index (χ0v) is 14.7. The first-order valence-corrected chi connectivity index (χ1v) is 8.71. The largest absolute Gasteiger partial charge is 0.495 e. The molecule has 1 aliphatic rings. The Balaban J connectivity index is 2.06. The molecule has 1 amide bonds. The van der Waals surface area contributed by atoms with E-state index in [0.29, 0.717) is 22.8 Å².